The molecule has 0 atom stereocenters. The molecule has 0 spiro atoms. The number of hydrogen-bond donors (Lipinski definition) is 1. The van der Waals surface area contributed by atoms with Crippen LogP contribution in [0.2, 0.25) is 0 Å². The third-order valence-electron chi connectivity index (χ3n) is 5.50. The minimum Gasteiger partial charge on any atom is -0.324 e. The van der Waals surface area contributed by atoms with E-state index in [4.69, 9.17) is 0 Å². The van der Waals surface area contributed by atoms with Crippen molar-refractivity contribution in [1.29, 1.82) is 0 Å². The quantitative estimate of drug-likeness (QED) is 0.679. The van der Waals surface area contributed by atoms with E-state index < -0.39 is 0 Å². The van der Waals surface area contributed by atoms with E-state index in [9.17, 15) is 4.79 Å². The summed E-state index contributed by atoms with van der Waals surface area (Å²) in [6.07, 6.45) is 5.88. The first kappa shape index (κ1) is 19.3. The van der Waals surface area contributed by atoms with E-state index in [0.717, 1.165) is 38.2 Å². The summed E-state index contributed by atoms with van der Waals surface area (Å²) in [6, 6.07) is 18.9. The number of carbonyl (C=O) groups is 1. The predicted molar refractivity (Wildman–Crippen MR) is 117 cm³/mol. The van der Waals surface area contributed by atoms with Gasteiger partial charge >= 0.3 is 0 Å². The van der Waals surface area contributed by atoms with Crippen molar-refractivity contribution in [3.63, 3.8) is 0 Å². The minimum absolute atomic E-state index is 0.0486. The fourth-order valence-corrected chi connectivity index (χ4v) is 3.86. The highest BCUT2D eigenvalue weighted by molar-refractivity contribution is 5.91. The first-order chi connectivity index (χ1) is 14.2. The van der Waals surface area contributed by atoms with Crippen molar-refractivity contribution >= 4 is 11.6 Å². The second-order valence-electron chi connectivity index (χ2n) is 7.80. The molecule has 1 amide bonds. The lowest BCUT2D eigenvalue weighted by Gasteiger charge is -2.29. The zero-order valence-electron chi connectivity index (χ0n) is 16.9. The molecule has 0 radical (unpaired) electrons. The maximum atomic E-state index is 12.5. The zero-order chi connectivity index (χ0) is 20.1. The number of aromatic nitrogens is 1. The molecule has 3 aromatic rings. The summed E-state index contributed by atoms with van der Waals surface area (Å²) >= 11 is 0. The molecule has 4 nitrogen and oxygen atoms in total. The van der Waals surface area contributed by atoms with Gasteiger partial charge in [-0.25, -0.2) is 0 Å². The molecule has 1 aliphatic rings. The van der Waals surface area contributed by atoms with Crippen LogP contribution in [-0.2, 0) is 30.7 Å². The molecule has 4 rings (SSSR count). The van der Waals surface area contributed by atoms with Crippen molar-refractivity contribution in [3.8, 4) is 0 Å². The SMILES string of the molecule is Cc1ccc(CCC(=O)Nc2cncc3c2CCN(Cc2ccccc2)C3)cc1. The van der Waals surface area contributed by atoms with Crippen molar-refractivity contribution in [2.75, 3.05) is 11.9 Å². The fraction of sp³-hybridized carbons (Fsp3) is 0.280. The van der Waals surface area contributed by atoms with Crippen molar-refractivity contribution < 1.29 is 4.79 Å². The summed E-state index contributed by atoms with van der Waals surface area (Å²) in [5.41, 5.74) is 7.06. The van der Waals surface area contributed by atoms with E-state index in [1.54, 1.807) is 6.20 Å². The number of nitrogens with one attached hydrogen (secondary N) is 1. The van der Waals surface area contributed by atoms with Crippen LogP contribution in [0.3, 0.4) is 0 Å². The molecule has 4 heteroatoms. The average molecular weight is 386 g/mol. The molecule has 1 aliphatic heterocycles. The summed E-state index contributed by atoms with van der Waals surface area (Å²) in [5, 5.41) is 3.10. The lowest BCUT2D eigenvalue weighted by molar-refractivity contribution is -0.116. The van der Waals surface area contributed by atoms with Gasteiger partial charge < -0.3 is 5.32 Å². The molecule has 29 heavy (non-hydrogen) atoms. The number of rotatable bonds is 6. The fourth-order valence-electron chi connectivity index (χ4n) is 3.86. The highest BCUT2D eigenvalue weighted by Crippen LogP contribution is 2.26. The maximum Gasteiger partial charge on any atom is 0.224 e. The first-order valence-electron chi connectivity index (χ1n) is 10.2. The number of nitrogens with zero attached hydrogens (tertiary/aromatic N) is 2. The molecule has 0 fully saturated rings. The number of benzene rings is 2. The van der Waals surface area contributed by atoms with Crippen LogP contribution in [0.4, 0.5) is 5.69 Å². The third-order valence-corrected chi connectivity index (χ3v) is 5.50. The van der Waals surface area contributed by atoms with E-state index in [1.807, 2.05) is 12.3 Å². The Labute approximate surface area is 172 Å². The van der Waals surface area contributed by atoms with Crippen molar-refractivity contribution in [2.24, 2.45) is 0 Å². The molecule has 1 aromatic heterocycles. The maximum absolute atomic E-state index is 12.5. The van der Waals surface area contributed by atoms with Crippen LogP contribution in [0.15, 0.2) is 67.0 Å². The predicted octanol–water partition coefficient (Wildman–Crippen LogP) is 4.52. The summed E-state index contributed by atoms with van der Waals surface area (Å²) in [5.74, 6) is 0.0486. The third kappa shape index (κ3) is 5.09. The van der Waals surface area contributed by atoms with Crippen molar-refractivity contribution in [1.82, 2.24) is 9.88 Å². The van der Waals surface area contributed by atoms with Gasteiger partial charge in [0, 0.05) is 32.3 Å². The molecule has 0 bridgehead atoms. The van der Waals surface area contributed by atoms with Gasteiger partial charge in [-0.2, -0.15) is 0 Å². The van der Waals surface area contributed by atoms with Gasteiger partial charge in [0.1, 0.15) is 0 Å². The lowest BCUT2D eigenvalue weighted by atomic mass is 9.99. The number of amides is 1. The summed E-state index contributed by atoms with van der Waals surface area (Å²) in [4.78, 5) is 19.3. The van der Waals surface area contributed by atoms with Gasteiger partial charge in [0.25, 0.3) is 0 Å². The van der Waals surface area contributed by atoms with E-state index in [2.05, 4.69) is 70.7 Å². The first-order valence-corrected chi connectivity index (χ1v) is 10.2. The summed E-state index contributed by atoms with van der Waals surface area (Å²) in [6.45, 7) is 4.86. The van der Waals surface area contributed by atoms with E-state index >= 15 is 0 Å². The smallest absolute Gasteiger partial charge is 0.224 e. The van der Waals surface area contributed by atoms with Crippen LogP contribution in [0.1, 0.15) is 34.2 Å². The highest BCUT2D eigenvalue weighted by Gasteiger charge is 2.20. The molecule has 2 heterocycles. The summed E-state index contributed by atoms with van der Waals surface area (Å²) < 4.78 is 0. The largest absolute Gasteiger partial charge is 0.324 e. The monoisotopic (exact) mass is 385 g/mol. The number of fused-ring (bicyclic) bond motifs is 1. The normalized spacial score (nSPS) is 13.7. The van der Waals surface area contributed by atoms with E-state index in [-0.39, 0.29) is 5.91 Å². The van der Waals surface area contributed by atoms with Gasteiger partial charge in [0.15, 0.2) is 0 Å². The Kier molecular flexibility index (Phi) is 6.01. The van der Waals surface area contributed by atoms with Crippen LogP contribution in [0.25, 0.3) is 0 Å². The lowest BCUT2D eigenvalue weighted by Crippen LogP contribution is -2.31. The zero-order valence-corrected chi connectivity index (χ0v) is 16.9. The van der Waals surface area contributed by atoms with Crippen LogP contribution < -0.4 is 5.32 Å². The Morgan fingerprint density at radius 1 is 1.03 bits per heavy atom. The minimum atomic E-state index is 0.0486. The van der Waals surface area contributed by atoms with E-state index in [0.29, 0.717) is 6.42 Å². The average Bonchev–Trinajstić information content (AvgIpc) is 2.74. The van der Waals surface area contributed by atoms with Crippen molar-refractivity contribution in [2.45, 2.75) is 39.3 Å². The molecule has 148 valence electrons. The Bertz CT molecular complexity index is 967. The topological polar surface area (TPSA) is 45.2 Å². The molecule has 0 unspecified atom stereocenters. The number of aryl methyl sites for hydroxylation is 2. The van der Waals surface area contributed by atoms with Gasteiger partial charge in [-0.3, -0.25) is 14.7 Å². The second-order valence-corrected chi connectivity index (χ2v) is 7.80. The number of pyridine rings is 1. The summed E-state index contributed by atoms with van der Waals surface area (Å²) in [7, 11) is 0. The van der Waals surface area contributed by atoms with Gasteiger partial charge in [0.05, 0.1) is 11.9 Å². The van der Waals surface area contributed by atoms with Gasteiger partial charge in [-0.15, -0.1) is 0 Å². The Morgan fingerprint density at radius 3 is 2.62 bits per heavy atom. The molecule has 0 saturated carbocycles. The van der Waals surface area contributed by atoms with E-state index in [1.165, 1.54) is 27.8 Å². The Hall–Kier alpha value is -2.98. The van der Waals surface area contributed by atoms with Gasteiger partial charge in [-0.05, 0) is 42.0 Å². The molecule has 1 N–H and O–H groups in total. The van der Waals surface area contributed by atoms with Crippen LogP contribution in [0, 0.1) is 6.92 Å². The number of carbonyl (C=O) groups excluding carboxylic acids is 1. The highest BCUT2D eigenvalue weighted by atomic mass is 16.1. The Morgan fingerprint density at radius 2 is 1.83 bits per heavy atom. The molecule has 2 aromatic carbocycles. The molecule has 0 aliphatic carbocycles. The Balaban J connectivity index is 1.37. The molecular formula is C25H27N3O. The standard InChI is InChI=1S/C25H27N3O/c1-19-7-9-20(10-8-19)11-12-25(29)27-24-16-26-15-22-18-28(14-13-23(22)24)17-21-5-3-2-4-6-21/h2-10,15-16H,11-14,17-18H2,1H3,(H,27,29). The van der Waals surface area contributed by atoms with Gasteiger partial charge in [0.2, 0.25) is 5.91 Å². The van der Waals surface area contributed by atoms with Crippen LogP contribution in [0.5, 0.6) is 0 Å². The molecular weight excluding hydrogens is 358 g/mol. The second kappa shape index (κ2) is 9.01. The number of hydrogen-bond acceptors (Lipinski definition) is 3. The molecule has 0 saturated heterocycles. The van der Waals surface area contributed by atoms with Crippen molar-refractivity contribution in [3.05, 3.63) is 94.8 Å². The number of anilines is 1. The van der Waals surface area contributed by atoms with Crippen LogP contribution in [-0.4, -0.2) is 22.3 Å². The van der Waals surface area contributed by atoms with Gasteiger partial charge in [-0.1, -0.05) is 60.2 Å². The van der Waals surface area contributed by atoms with Crippen LogP contribution >= 0.6 is 0 Å².